The normalized spacial score (nSPS) is 16.4. The largest absolute Gasteiger partial charge is 0.383 e. The summed E-state index contributed by atoms with van der Waals surface area (Å²) in [4.78, 5) is 11.4. The Bertz CT molecular complexity index is 471. The Balaban J connectivity index is 1.79. The molecule has 0 atom stereocenters. The van der Waals surface area contributed by atoms with Crippen molar-refractivity contribution in [2.24, 2.45) is 5.73 Å². The number of amides is 1. The molecule has 0 unspecified atom stereocenters. The van der Waals surface area contributed by atoms with Gasteiger partial charge in [-0.05, 0) is 31.0 Å². The van der Waals surface area contributed by atoms with Gasteiger partial charge in [-0.3, -0.25) is 4.79 Å². The third kappa shape index (κ3) is 5.32. The third-order valence-electron chi connectivity index (χ3n) is 3.98. The monoisotopic (exact) mass is 353 g/mol. The molecule has 4 N–H and O–H groups in total. The van der Waals surface area contributed by atoms with E-state index in [1.165, 1.54) is 38.5 Å². The molecule has 2 rings (SSSR count). The molecule has 5 heteroatoms. The molecule has 1 aromatic carbocycles. The molecule has 21 heavy (non-hydrogen) atoms. The first-order valence-electron chi connectivity index (χ1n) is 7.73. The number of primary amides is 1. The van der Waals surface area contributed by atoms with Crippen LogP contribution in [-0.4, -0.2) is 25.0 Å². The molecule has 0 aromatic heterocycles. The van der Waals surface area contributed by atoms with Crippen LogP contribution in [0.2, 0.25) is 0 Å². The maximum Gasteiger partial charge on any atom is 0.250 e. The Hall–Kier alpha value is -1.07. The fraction of sp³-hybridized carbons (Fsp3) is 0.562. The second kappa shape index (κ2) is 8.39. The lowest BCUT2D eigenvalue weighted by Gasteiger charge is -2.17. The quantitative estimate of drug-likeness (QED) is 0.543. The summed E-state index contributed by atoms with van der Waals surface area (Å²) in [7, 11) is 0. The number of anilines is 1. The van der Waals surface area contributed by atoms with Gasteiger partial charge in [-0.25, -0.2) is 0 Å². The van der Waals surface area contributed by atoms with E-state index < -0.39 is 5.91 Å². The van der Waals surface area contributed by atoms with E-state index in [-0.39, 0.29) is 0 Å². The van der Waals surface area contributed by atoms with Gasteiger partial charge in [-0.2, -0.15) is 0 Å². The molecule has 116 valence electrons. The SMILES string of the molecule is NC(=O)c1cc(Br)ccc1NCCNC1CCCCCC1. The highest BCUT2D eigenvalue weighted by Gasteiger charge is 2.11. The summed E-state index contributed by atoms with van der Waals surface area (Å²) in [6.07, 6.45) is 7.98. The summed E-state index contributed by atoms with van der Waals surface area (Å²) in [5.74, 6) is -0.407. The zero-order valence-corrected chi connectivity index (χ0v) is 13.9. The zero-order chi connectivity index (χ0) is 15.1. The minimum atomic E-state index is -0.407. The van der Waals surface area contributed by atoms with E-state index in [0.717, 1.165) is 23.2 Å². The Labute approximate surface area is 135 Å². The summed E-state index contributed by atoms with van der Waals surface area (Å²) in [6.45, 7) is 1.69. The Morgan fingerprint density at radius 2 is 1.90 bits per heavy atom. The molecule has 1 fully saturated rings. The van der Waals surface area contributed by atoms with Crippen molar-refractivity contribution in [3.05, 3.63) is 28.2 Å². The van der Waals surface area contributed by atoms with Gasteiger partial charge in [-0.1, -0.05) is 41.6 Å². The number of halogens is 1. The third-order valence-corrected chi connectivity index (χ3v) is 4.47. The molecule has 1 aliphatic rings. The number of hydrogen-bond acceptors (Lipinski definition) is 3. The maximum absolute atomic E-state index is 11.4. The number of nitrogens with two attached hydrogens (primary N) is 1. The second-order valence-corrected chi connectivity index (χ2v) is 6.54. The van der Waals surface area contributed by atoms with E-state index >= 15 is 0 Å². The Morgan fingerprint density at radius 1 is 1.19 bits per heavy atom. The van der Waals surface area contributed by atoms with Gasteiger partial charge in [0.1, 0.15) is 0 Å². The van der Waals surface area contributed by atoms with E-state index in [4.69, 9.17) is 5.73 Å². The van der Waals surface area contributed by atoms with Crippen molar-refractivity contribution in [1.29, 1.82) is 0 Å². The first-order chi connectivity index (χ1) is 10.2. The van der Waals surface area contributed by atoms with Gasteiger partial charge in [0.2, 0.25) is 0 Å². The van der Waals surface area contributed by atoms with Crippen molar-refractivity contribution in [2.45, 2.75) is 44.6 Å². The van der Waals surface area contributed by atoms with E-state index in [1.807, 2.05) is 12.1 Å². The molecule has 0 saturated heterocycles. The fourth-order valence-electron chi connectivity index (χ4n) is 2.83. The van der Waals surface area contributed by atoms with Gasteiger partial charge < -0.3 is 16.4 Å². The number of hydrogen-bond donors (Lipinski definition) is 3. The van der Waals surface area contributed by atoms with Crippen LogP contribution in [0.4, 0.5) is 5.69 Å². The molecular formula is C16H24BrN3O. The van der Waals surface area contributed by atoms with Crippen molar-refractivity contribution in [2.75, 3.05) is 18.4 Å². The lowest BCUT2D eigenvalue weighted by atomic mass is 10.1. The molecule has 0 spiro atoms. The van der Waals surface area contributed by atoms with Crippen LogP contribution in [0.1, 0.15) is 48.9 Å². The standard InChI is InChI=1S/C16H24BrN3O/c17-12-7-8-15(14(11-12)16(18)21)20-10-9-19-13-5-3-1-2-4-6-13/h7-8,11,13,19-20H,1-6,9-10H2,(H2,18,21). The van der Waals surface area contributed by atoms with Crippen molar-refractivity contribution in [3.63, 3.8) is 0 Å². The average molecular weight is 354 g/mol. The summed E-state index contributed by atoms with van der Waals surface area (Å²) in [5, 5.41) is 6.90. The van der Waals surface area contributed by atoms with E-state index in [2.05, 4.69) is 26.6 Å². The number of carbonyl (C=O) groups excluding carboxylic acids is 1. The minimum Gasteiger partial charge on any atom is -0.383 e. The van der Waals surface area contributed by atoms with Crippen LogP contribution in [0.15, 0.2) is 22.7 Å². The van der Waals surface area contributed by atoms with Gasteiger partial charge in [0, 0.05) is 29.3 Å². The smallest absolute Gasteiger partial charge is 0.250 e. The van der Waals surface area contributed by atoms with Crippen molar-refractivity contribution < 1.29 is 4.79 Å². The number of benzene rings is 1. The highest BCUT2D eigenvalue weighted by atomic mass is 79.9. The second-order valence-electron chi connectivity index (χ2n) is 5.62. The van der Waals surface area contributed by atoms with Gasteiger partial charge in [0.15, 0.2) is 0 Å². The zero-order valence-electron chi connectivity index (χ0n) is 12.3. The first-order valence-corrected chi connectivity index (χ1v) is 8.53. The van der Waals surface area contributed by atoms with Crippen LogP contribution >= 0.6 is 15.9 Å². The van der Waals surface area contributed by atoms with E-state index in [9.17, 15) is 4.79 Å². The Morgan fingerprint density at radius 3 is 2.57 bits per heavy atom. The van der Waals surface area contributed by atoms with Gasteiger partial charge in [0.25, 0.3) is 5.91 Å². The van der Waals surface area contributed by atoms with Crippen molar-refractivity contribution in [1.82, 2.24) is 5.32 Å². The molecule has 1 saturated carbocycles. The summed E-state index contributed by atoms with van der Waals surface area (Å²) in [5.41, 5.74) is 6.73. The molecular weight excluding hydrogens is 330 g/mol. The fourth-order valence-corrected chi connectivity index (χ4v) is 3.19. The van der Waals surface area contributed by atoms with Crippen molar-refractivity contribution in [3.8, 4) is 0 Å². The highest BCUT2D eigenvalue weighted by Crippen LogP contribution is 2.20. The predicted octanol–water partition coefficient (Wildman–Crippen LogP) is 3.27. The topological polar surface area (TPSA) is 67.2 Å². The Kier molecular flexibility index (Phi) is 6.51. The van der Waals surface area contributed by atoms with Gasteiger partial charge >= 0.3 is 0 Å². The van der Waals surface area contributed by atoms with Crippen LogP contribution < -0.4 is 16.4 Å². The van der Waals surface area contributed by atoms with E-state index in [1.54, 1.807) is 6.07 Å². The van der Waals surface area contributed by atoms with Crippen LogP contribution in [0.3, 0.4) is 0 Å². The molecule has 1 aromatic rings. The van der Waals surface area contributed by atoms with Crippen molar-refractivity contribution >= 4 is 27.5 Å². The number of rotatable bonds is 6. The summed E-state index contributed by atoms with van der Waals surface area (Å²) < 4.78 is 0.860. The lowest BCUT2D eigenvalue weighted by Crippen LogP contribution is -2.32. The number of nitrogens with one attached hydrogen (secondary N) is 2. The highest BCUT2D eigenvalue weighted by molar-refractivity contribution is 9.10. The van der Waals surface area contributed by atoms with Gasteiger partial charge in [-0.15, -0.1) is 0 Å². The molecule has 0 aliphatic heterocycles. The average Bonchev–Trinajstić information content (AvgIpc) is 2.73. The first kappa shape index (κ1) is 16.3. The van der Waals surface area contributed by atoms with Crippen LogP contribution in [0.5, 0.6) is 0 Å². The maximum atomic E-state index is 11.4. The molecule has 4 nitrogen and oxygen atoms in total. The summed E-state index contributed by atoms with van der Waals surface area (Å²) >= 11 is 3.36. The molecule has 0 radical (unpaired) electrons. The molecule has 0 bridgehead atoms. The molecule has 1 aliphatic carbocycles. The molecule has 0 heterocycles. The number of carbonyl (C=O) groups is 1. The predicted molar refractivity (Wildman–Crippen MR) is 90.6 cm³/mol. The van der Waals surface area contributed by atoms with Gasteiger partial charge in [0.05, 0.1) is 5.56 Å². The lowest BCUT2D eigenvalue weighted by molar-refractivity contribution is 0.100. The van der Waals surface area contributed by atoms with Crippen LogP contribution in [0.25, 0.3) is 0 Å². The minimum absolute atomic E-state index is 0.407. The molecule has 1 amide bonds. The van der Waals surface area contributed by atoms with E-state index in [0.29, 0.717) is 11.6 Å². The van der Waals surface area contributed by atoms with Crippen LogP contribution in [0, 0.1) is 0 Å². The summed E-state index contributed by atoms with van der Waals surface area (Å²) in [6, 6.07) is 6.20. The van der Waals surface area contributed by atoms with Crippen LogP contribution in [-0.2, 0) is 0 Å².